The molecule has 2 rings (SSSR count). The first kappa shape index (κ1) is 15.5. The van der Waals surface area contributed by atoms with Crippen LogP contribution in [0.4, 0.5) is 10.8 Å². The number of unbranched alkanes of at least 4 members (excludes halogenated alkanes) is 1. The van der Waals surface area contributed by atoms with Crippen LogP contribution in [-0.4, -0.2) is 24.5 Å². The van der Waals surface area contributed by atoms with Gasteiger partial charge in [-0.15, -0.1) is 0 Å². The molecule has 0 aliphatic carbocycles. The lowest BCUT2D eigenvalue weighted by Crippen LogP contribution is -2.24. The zero-order valence-corrected chi connectivity index (χ0v) is 13.5. The normalized spacial score (nSPS) is 10.4. The number of anilines is 2. The van der Waals surface area contributed by atoms with E-state index in [2.05, 4.69) is 17.2 Å². The van der Waals surface area contributed by atoms with Crippen molar-refractivity contribution in [3.05, 3.63) is 40.9 Å². The topological polar surface area (TPSA) is 45.2 Å². The average Bonchev–Trinajstić information content (AvgIpc) is 2.89. The summed E-state index contributed by atoms with van der Waals surface area (Å²) >= 11 is 1.43. The molecule has 0 spiro atoms. The Morgan fingerprint density at radius 2 is 2.05 bits per heavy atom. The fraction of sp³-hybridized carbons (Fsp3) is 0.375. The van der Waals surface area contributed by atoms with Crippen LogP contribution in [-0.2, 0) is 0 Å². The quantitative estimate of drug-likeness (QED) is 0.827. The van der Waals surface area contributed by atoms with E-state index in [0.29, 0.717) is 4.88 Å². The molecule has 0 fully saturated rings. The summed E-state index contributed by atoms with van der Waals surface area (Å²) in [5, 5.41) is 3.78. The number of aryl methyl sites for hydroxylation is 1. The van der Waals surface area contributed by atoms with Gasteiger partial charge in [-0.05, 0) is 25.5 Å². The Kier molecular flexibility index (Phi) is 5.33. The number of thiazole rings is 1. The van der Waals surface area contributed by atoms with Crippen molar-refractivity contribution in [3.8, 4) is 0 Å². The number of rotatable bonds is 6. The van der Waals surface area contributed by atoms with E-state index < -0.39 is 0 Å². The molecule has 0 unspecified atom stereocenters. The second-order valence-corrected chi connectivity index (χ2v) is 5.89. The number of carbonyl (C=O) groups excluding carboxylic acids is 1. The van der Waals surface area contributed by atoms with Crippen molar-refractivity contribution in [3.63, 3.8) is 0 Å². The first-order chi connectivity index (χ1) is 10.1. The van der Waals surface area contributed by atoms with Gasteiger partial charge in [0.15, 0.2) is 5.13 Å². The van der Waals surface area contributed by atoms with E-state index in [-0.39, 0.29) is 5.91 Å². The van der Waals surface area contributed by atoms with Gasteiger partial charge in [-0.1, -0.05) is 42.9 Å². The van der Waals surface area contributed by atoms with Crippen LogP contribution in [0, 0.1) is 6.92 Å². The molecule has 0 atom stereocenters. The number of nitrogens with zero attached hydrogens (tertiary/aromatic N) is 2. The van der Waals surface area contributed by atoms with Gasteiger partial charge in [-0.3, -0.25) is 4.79 Å². The van der Waals surface area contributed by atoms with Gasteiger partial charge in [0.1, 0.15) is 4.88 Å². The number of aromatic nitrogens is 1. The van der Waals surface area contributed by atoms with Crippen molar-refractivity contribution in [1.82, 2.24) is 10.3 Å². The second-order valence-electron chi connectivity index (χ2n) is 4.91. The maximum atomic E-state index is 12.2. The Hall–Kier alpha value is -1.88. The lowest BCUT2D eigenvalue weighted by molar-refractivity contribution is 0.0956. The Bertz CT molecular complexity index is 595. The number of hydrogen-bond acceptors (Lipinski definition) is 4. The first-order valence-corrected chi connectivity index (χ1v) is 7.99. The molecule has 1 N–H and O–H groups in total. The van der Waals surface area contributed by atoms with Crippen LogP contribution < -0.4 is 10.2 Å². The van der Waals surface area contributed by atoms with Gasteiger partial charge in [0.2, 0.25) is 0 Å². The Labute approximate surface area is 129 Å². The van der Waals surface area contributed by atoms with Gasteiger partial charge in [-0.25, -0.2) is 4.98 Å². The molecule has 1 amide bonds. The molecule has 1 aromatic carbocycles. The molecule has 1 heterocycles. The molecular formula is C16H21N3OS. The molecule has 0 aliphatic rings. The Balaban J connectivity index is 2.13. The van der Waals surface area contributed by atoms with E-state index >= 15 is 0 Å². The van der Waals surface area contributed by atoms with E-state index in [1.165, 1.54) is 11.3 Å². The number of benzene rings is 1. The molecule has 112 valence electrons. The van der Waals surface area contributed by atoms with E-state index in [9.17, 15) is 4.79 Å². The highest BCUT2D eigenvalue weighted by atomic mass is 32.1. The van der Waals surface area contributed by atoms with Gasteiger partial charge >= 0.3 is 0 Å². The number of carbonyl (C=O) groups is 1. The number of para-hydroxylation sites is 1. The zero-order valence-electron chi connectivity index (χ0n) is 12.7. The third-order valence-electron chi connectivity index (χ3n) is 3.24. The molecule has 5 heteroatoms. The fourth-order valence-electron chi connectivity index (χ4n) is 1.96. The van der Waals surface area contributed by atoms with Crippen molar-refractivity contribution in [2.75, 3.05) is 18.5 Å². The Morgan fingerprint density at radius 1 is 1.33 bits per heavy atom. The van der Waals surface area contributed by atoms with Crippen LogP contribution >= 0.6 is 11.3 Å². The Morgan fingerprint density at radius 3 is 2.71 bits per heavy atom. The third kappa shape index (κ3) is 3.82. The summed E-state index contributed by atoms with van der Waals surface area (Å²) in [5.74, 6) is -0.0221. The summed E-state index contributed by atoms with van der Waals surface area (Å²) in [6, 6.07) is 10.0. The maximum Gasteiger partial charge on any atom is 0.263 e. The van der Waals surface area contributed by atoms with Gasteiger partial charge < -0.3 is 10.2 Å². The summed E-state index contributed by atoms with van der Waals surface area (Å²) in [7, 11) is 1.96. The summed E-state index contributed by atoms with van der Waals surface area (Å²) in [5.41, 5.74) is 1.84. The molecule has 0 aliphatic heterocycles. The van der Waals surface area contributed by atoms with Crippen LogP contribution in [0.5, 0.6) is 0 Å². The van der Waals surface area contributed by atoms with Crippen LogP contribution in [0.15, 0.2) is 30.3 Å². The van der Waals surface area contributed by atoms with E-state index in [1.54, 1.807) is 0 Å². The summed E-state index contributed by atoms with van der Waals surface area (Å²) in [4.78, 5) is 19.4. The van der Waals surface area contributed by atoms with Crippen molar-refractivity contribution >= 4 is 28.1 Å². The molecule has 1 aromatic heterocycles. The highest BCUT2D eigenvalue weighted by Gasteiger charge is 2.17. The van der Waals surface area contributed by atoms with Gasteiger partial charge in [0.05, 0.1) is 5.69 Å². The molecular weight excluding hydrogens is 282 g/mol. The summed E-state index contributed by atoms with van der Waals surface area (Å²) in [6.07, 6.45) is 2.07. The van der Waals surface area contributed by atoms with Gasteiger partial charge in [0, 0.05) is 19.3 Å². The molecule has 0 saturated carbocycles. The third-order valence-corrected chi connectivity index (χ3v) is 4.47. The highest BCUT2D eigenvalue weighted by molar-refractivity contribution is 7.17. The number of amides is 1. The molecule has 0 radical (unpaired) electrons. The largest absolute Gasteiger partial charge is 0.351 e. The lowest BCUT2D eigenvalue weighted by Gasteiger charge is -2.15. The fourth-order valence-corrected chi connectivity index (χ4v) is 2.92. The lowest BCUT2D eigenvalue weighted by atomic mass is 10.3. The maximum absolute atomic E-state index is 12.2. The molecule has 4 nitrogen and oxygen atoms in total. The minimum Gasteiger partial charge on any atom is -0.351 e. The summed E-state index contributed by atoms with van der Waals surface area (Å²) in [6.45, 7) is 4.71. The first-order valence-electron chi connectivity index (χ1n) is 7.18. The molecule has 2 aromatic rings. The van der Waals surface area contributed by atoms with Crippen LogP contribution in [0.2, 0.25) is 0 Å². The van der Waals surface area contributed by atoms with E-state index in [1.807, 2.05) is 49.2 Å². The smallest absolute Gasteiger partial charge is 0.263 e. The van der Waals surface area contributed by atoms with E-state index in [4.69, 9.17) is 0 Å². The SMILES string of the molecule is CCCCNC(=O)c1sc(N(C)c2ccccc2)nc1C. The molecule has 21 heavy (non-hydrogen) atoms. The minimum atomic E-state index is -0.0221. The highest BCUT2D eigenvalue weighted by Crippen LogP contribution is 2.30. The predicted octanol–water partition coefficient (Wildman–Crippen LogP) is 3.75. The second kappa shape index (κ2) is 7.22. The van der Waals surface area contributed by atoms with Crippen molar-refractivity contribution < 1.29 is 4.79 Å². The minimum absolute atomic E-state index is 0.0221. The van der Waals surface area contributed by atoms with Crippen molar-refractivity contribution in [1.29, 1.82) is 0 Å². The number of nitrogens with one attached hydrogen (secondary N) is 1. The summed E-state index contributed by atoms with van der Waals surface area (Å²) < 4.78 is 0. The van der Waals surface area contributed by atoms with E-state index in [0.717, 1.165) is 35.9 Å². The zero-order chi connectivity index (χ0) is 15.2. The van der Waals surface area contributed by atoms with Crippen molar-refractivity contribution in [2.45, 2.75) is 26.7 Å². The standard InChI is InChI=1S/C16H21N3OS/c1-4-5-11-17-15(20)14-12(2)18-16(21-14)19(3)13-9-7-6-8-10-13/h6-10H,4-5,11H2,1-3H3,(H,17,20). The van der Waals surface area contributed by atoms with Gasteiger partial charge in [-0.2, -0.15) is 0 Å². The van der Waals surface area contributed by atoms with Crippen molar-refractivity contribution in [2.24, 2.45) is 0 Å². The number of hydrogen-bond donors (Lipinski definition) is 1. The predicted molar refractivity (Wildman–Crippen MR) is 88.6 cm³/mol. The monoisotopic (exact) mass is 303 g/mol. The van der Waals surface area contributed by atoms with Crippen LogP contribution in [0.25, 0.3) is 0 Å². The van der Waals surface area contributed by atoms with Crippen LogP contribution in [0.3, 0.4) is 0 Å². The van der Waals surface area contributed by atoms with Crippen LogP contribution in [0.1, 0.15) is 35.1 Å². The molecule has 0 bridgehead atoms. The molecule has 0 saturated heterocycles. The average molecular weight is 303 g/mol. The van der Waals surface area contributed by atoms with Gasteiger partial charge in [0.25, 0.3) is 5.91 Å².